The SMILES string of the molecule is CCC1CN2CCC1C[C@H]2[C@H](NC(=S)Nc1cc(C(F)(F)F)cc(C(F)(F)F)c1)c1ccnc2ccccc12. The molecule has 3 aliphatic heterocycles. The third-order valence-corrected chi connectivity index (χ3v) is 8.22. The number of nitrogens with one attached hydrogen (secondary N) is 2. The van der Waals surface area contributed by atoms with Crippen molar-refractivity contribution in [3.8, 4) is 0 Å². The number of piperidine rings is 3. The Kier molecular flexibility index (Phi) is 7.49. The number of pyridine rings is 1. The number of hydrogen-bond donors (Lipinski definition) is 2. The average molecular weight is 567 g/mol. The number of alkyl halides is 6. The zero-order chi connectivity index (χ0) is 27.9. The van der Waals surface area contributed by atoms with Crippen LogP contribution in [0.25, 0.3) is 10.9 Å². The third kappa shape index (κ3) is 5.84. The van der Waals surface area contributed by atoms with Gasteiger partial charge in [-0.05, 0) is 79.3 Å². The molecule has 3 aromatic rings. The molecule has 0 aliphatic carbocycles. The van der Waals surface area contributed by atoms with Gasteiger partial charge < -0.3 is 10.6 Å². The molecule has 6 rings (SSSR count). The minimum Gasteiger partial charge on any atom is -0.354 e. The molecule has 3 fully saturated rings. The smallest absolute Gasteiger partial charge is 0.354 e. The lowest BCUT2D eigenvalue weighted by atomic mass is 9.72. The fraction of sp³-hybridized carbons (Fsp3) is 0.429. The summed E-state index contributed by atoms with van der Waals surface area (Å²) < 4.78 is 80.3. The van der Waals surface area contributed by atoms with E-state index in [4.69, 9.17) is 12.2 Å². The molecule has 4 heterocycles. The van der Waals surface area contributed by atoms with Gasteiger partial charge >= 0.3 is 12.4 Å². The first-order valence-electron chi connectivity index (χ1n) is 12.9. The molecular weight excluding hydrogens is 538 g/mol. The van der Waals surface area contributed by atoms with Crippen molar-refractivity contribution in [1.82, 2.24) is 15.2 Å². The molecule has 39 heavy (non-hydrogen) atoms. The molecule has 1 aromatic heterocycles. The van der Waals surface area contributed by atoms with E-state index in [9.17, 15) is 26.3 Å². The zero-order valence-corrected chi connectivity index (χ0v) is 21.9. The van der Waals surface area contributed by atoms with E-state index in [1.807, 2.05) is 30.3 Å². The second kappa shape index (κ2) is 10.6. The van der Waals surface area contributed by atoms with Crippen LogP contribution < -0.4 is 10.6 Å². The van der Waals surface area contributed by atoms with Crippen molar-refractivity contribution in [3.05, 3.63) is 71.4 Å². The summed E-state index contributed by atoms with van der Waals surface area (Å²) in [5, 5.41) is 6.73. The number of rotatable bonds is 5. The molecule has 2 bridgehead atoms. The van der Waals surface area contributed by atoms with Crippen molar-refractivity contribution in [2.75, 3.05) is 18.4 Å². The summed E-state index contributed by atoms with van der Waals surface area (Å²) in [4.78, 5) is 6.88. The number of benzene rings is 2. The van der Waals surface area contributed by atoms with Gasteiger partial charge in [-0.25, -0.2) is 0 Å². The summed E-state index contributed by atoms with van der Waals surface area (Å²) in [6.07, 6.45) is -5.09. The Morgan fingerprint density at radius 3 is 2.36 bits per heavy atom. The lowest BCUT2D eigenvalue weighted by Crippen LogP contribution is -2.58. The van der Waals surface area contributed by atoms with E-state index in [0.717, 1.165) is 48.8 Å². The Balaban J connectivity index is 1.48. The van der Waals surface area contributed by atoms with Crippen molar-refractivity contribution in [2.45, 2.75) is 50.6 Å². The van der Waals surface area contributed by atoms with Crippen LogP contribution in [-0.2, 0) is 12.4 Å². The molecule has 5 atom stereocenters. The van der Waals surface area contributed by atoms with Gasteiger partial charge in [-0.1, -0.05) is 31.5 Å². The van der Waals surface area contributed by atoms with Gasteiger partial charge in [-0.3, -0.25) is 9.88 Å². The van der Waals surface area contributed by atoms with Crippen LogP contribution in [0.2, 0.25) is 0 Å². The van der Waals surface area contributed by atoms with Crippen molar-refractivity contribution in [1.29, 1.82) is 0 Å². The molecule has 0 saturated carbocycles. The molecule has 0 radical (unpaired) electrons. The van der Waals surface area contributed by atoms with Gasteiger partial charge in [0.05, 0.1) is 22.7 Å². The summed E-state index contributed by atoms with van der Waals surface area (Å²) in [5.41, 5.74) is -1.48. The summed E-state index contributed by atoms with van der Waals surface area (Å²) in [5.74, 6) is 1.14. The molecular formula is C28H28F6N4S. The molecule has 2 aromatic carbocycles. The van der Waals surface area contributed by atoms with Crippen molar-refractivity contribution < 1.29 is 26.3 Å². The highest BCUT2D eigenvalue weighted by Gasteiger charge is 2.43. The number of halogens is 6. The van der Waals surface area contributed by atoms with E-state index >= 15 is 0 Å². The maximum atomic E-state index is 13.4. The quantitative estimate of drug-likeness (QED) is 0.249. The molecule has 2 N–H and O–H groups in total. The van der Waals surface area contributed by atoms with Crippen LogP contribution in [0, 0.1) is 11.8 Å². The number of thiocarbonyl (C=S) groups is 1. The molecule has 0 amide bonds. The second-order valence-corrected chi connectivity index (χ2v) is 10.7. The van der Waals surface area contributed by atoms with Gasteiger partial charge in [0.2, 0.25) is 0 Å². The highest BCUT2D eigenvalue weighted by atomic mass is 32.1. The predicted octanol–water partition coefficient (Wildman–Crippen LogP) is 7.42. The van der Waals surface area contributed by atoms with E-state index in [2.05, 4.69) is 27.4 Å². The number of para-hydroxylation sites is 1. The predicted molar refractivity (Wildman–Crippen MR) is 142 cm³/mol. The van der Waals surface area contributed by atoms with Gasteiger partial charge in [0.15, 0.2) is 5.11 Å². The van der Waals surface area contributed by atoms with E-state index in [1.54, 1.807) is 6.20 Å². The first-order valence-corrected chi connectivity index (χ1v) is 13.3. The van der Waals surface area contributed by atoms with Crippen molar-refractivity contribution in [2.24, 2.45) is 11.8 Å². The maximum absolute atomic E-state index is 13.4. The molecule has 0 spiro atoms. The van der Waals surface area contributed by atoms with E-state index in [0.29, 0.717) is 24.0 Å². The first kappa shape index (κ1) is 27.6. The number of anilines is 1. The van der Waals surface area contributed by atoms with Gasteiger partial charge in [0.25, 0.3) is 0 Å². The zero-order valence-electron chi connectivity index (χ0n) is 21.1. The number of hydrogen-bond acceptors (Lipinski definition) is 3. The van der Waals surface area contributed by atoms with E-state index in [1.165, 1.54) is 0 Å². The molecule has 208 valence electrons. The Hall–Kier alpha value is -2.92. The third-order valence-electron chi connectivity index (χ3n) is 8.00. The standard InChI is InChI=1S/C28H28F6N4S/c1-2-16-15-38-10-8-17(16)11-24(38)25(22-7-9-35-23-6-4-3-5-21(22)23)37-26(39)36-20-13-18(27(29,30)31)12-19(14-20)28(32,33)34/h3-7,9,12-14,16-17,24-25H,2,8,10-11,15H2,1H3,(H2,36,37,39)/t16?,17?,24-,25+/m0/s1. The minimum absolute atomic E-state index is 0.0457. The van der Waals surface area contributed by atoms with Crippen LogP contribution in [0.1, 0.15) is 48.9 Å². The molecule has 3 saturated heterocycles. The highest BCUT2D eigenvalue weighted by molar-refractivity contribution is 7.80. The molecule has 11 heteroatoms. The molecule has 4 nitrogen and oxygen atoms in total. The van der Waals surface area contributed by atoms with Crippen LogP contribution in [0.5, 0.6) is 0 Å². The summed E-state index contributed by atoms with van der Waals surface area (Å²) in [7, 11) is 0. The Morgan fingerprint density at radius 2 is 1.74 bits per heavy atom. The summed E-state index contributed by atoms with van der Waals surface area (Å²) in [6.45, 7) is 4.06. The van der Waals surface area contributed by atoms with Crippen LogP contribution in [0.3, 0.4) is 0 Å². The fourth-order valence-corrected chi connectivity index (χ4v) is 6.34. The Labute approximate surface area is 227 Å². The Morgan fingerprint density at radius 1 is 1.05 bits per heavy atom. The second-order valence-electron chi connectivity index (χ2n) is 10.3. The van der Waals surface area contributed by atoms with Crippen LogP contribution in [0.15, 0.2) is 54.7 Å². The summed E-state index contributed by atoms with van der Waals surface area (Å²) in [6, 6.07) is 10.6. The number of fused-ring (bicyclic) bond motifs is 4. The summed E-state index contributed by atoms with van der Waals surface area (Å²) >= 11 is 5.49. The lowest BCUT2D eigenvalue weighted by molar-refractivity contribution is -0.143. The largest absolute Gasteiger partial charge is 0.416 e. The number of nitrogens with zero attached hydrogens (tertiary/aromatic N) is 2. The monoisotopic (exact) mass is 566 g/mol. The van der Waals surface area contributed by atoms with Gasteiger partial charge in [0, 0.05) is 29.9 Å². The van der Waals surface area contributed by atoms with Crippen LogP contribution in [0.4, 0.5) is 32.0 Å². The van der Waals surface area contributed by atoms with Crippen molar-refractivity contribution in [3.63, 3.8) is 0 Å². The Bertz CT molecular complexity index is 1320. The van der Waals surface area contributed by atoms with Gasteiger partial charge in [0.1, 0.15) is 0 Å². The fourth-order valence-electron chi connectivity index (χ4n) is 6.09. The van der Waals surface area contributed by atoms with E-state index < -0.39 is 23.5 Å². The molecule has 3 aliphatic rings. The maximum Gasteiger partial charge on any atom is 0.416 e. The lowest BCUT2D eigenvalue weighted by Gasteiger charge is -2.52. The highest BCUT2D eigenvalue weighted by Crippen LogP contribution is 2.43. The van der Waals surface area contributed by atoms with Gasteiger partial charge in [-0.2, -0.15) is 26.3 Å². The van der Waals surface area contributed by atoms with Crippen LogP contribution in [-0.4, -0.2) is 34.1 Å². The van der Waals surface area contributed by atoms with E-state index in [-0.39, 0.29) is 28.9 Å². The first-order chi connectivity index (χ1) is 18.4. The molecule has 3 unspecified atom stereocenters. The van der Waals surface area contributed by atoms with Gasteiger partial charge in [-0.15, -0.1) is 0 Å². The van der Waals surface area contributed by atoms with Crippen LogP contribution >= 0.6 is 12.2 Å². The number of aromatic nitrogens is 1. The average Bonchev–Trinajstić information content (AvgIpc) is 2.90. The topological polar surface area (TPSA) is 40.2 Å². The minimum atomic E-state index is -4.95. The van der Waals surface area contributed by atoms with Crippen molar-refractivity contribution >= 4 is 33.9 Å². The normalized spacial score (nSPS) is 24.0.